The van der Waals surface area contributed by atoms with Crippen LogP contribution >= 0.6 is 15.9 Å². The van der Waals surface area contributed by atoms with Gasteiger partial charge in [0.2, 0.25) is 0 Å². The van der Waals surface area contributed by atoms with Crippen LogP contribution in [-0.4, -0.2) is 16.5 Å². The zero-order valence-electron chi connectivity index (χ0n) is 13.3. The van der Waals surface area contributed by atoms with E-state index >= 15 is 0 Å². The summed E-state index contributed by atoms with van der Waals surface area (Å²) < 4.78 is 1.08. The minimum absolute atomic E-state index is 0.0101. The molecule has 0 unspecified atom stereocenters. The molecular formula is C17H22BrN3. The van der Waals surface area contributed by atoms with E-state index in [0.29, 0.717) is 0 Å². The number of hydrogen-bond acceptors (Lipinski definition) is 3. The molecule has 3 nitrogen and oxygen atoms in total. The second kappa shape index (κ2) is 6.14. The second-order valence-corrected chi connectivity index (χ2v) is 7.06. The molecule has 1 aromatic heterocycles. The van der Waals surface area contributed by atoms with E-state index in [2.05, 4.69) is 79.0 Å². The van der Waals surface area contributed by atoms with Gasteiger partial charge >= 0.3 is 0 Å². The summed E-state index contributed by atoms with van der Waals surface area (Å²) in [5.74, 6) is 1.64. The van der Waals surface area contributed by atoms with Crippen LogP contribution in [0.2, 0.25) is 0 Å². The third-order valence-electron chi connectivity index (χ3n) is 3.28. The molecule has 0 bridgehead atoms. The van der Waals surface area contributed by atoms with Gasteiger partial charge < -0.3 is 5.32 Å². The van der Waals surface area contributed by atoms with Gasteiger partial charge in [0, 0.05) is 28.1 Å². The first kappa shape index (κ1) is 16.0. The van der Waals surface area contributed by atoms with Crippen LogP contribution in [0.15, 0.2) is 28.7 Å². The van der Waals surface area contributed by atoms with E-state index < -0.39 is 0 Å². The Morgan fingerprint density at radius 3 is 2.43 bits per heavy atom. The Morgan fingerprint density at radius 1 is 1.14 bits per heavy atom. The van der Waals surface area contributed by atoms with Crippen LogP contribution in [0.3, 0.4) is 0 Å². The summed E-state index contributed by atoms with van der Waals surface area (Å²) in [6.07, 6.45) is 0. The first-order valence-electron chi connectivity index (χ1n) is 7.21. The number of anilines is 1. The second-order valence-electron chi connectivity index (χ2n) is 6.21. The van der Waals surface area contributed by atoms with Crippen LogP contribution in [0, 0.1) is 6.92 Å². The molecule has 1 N–H and O–H groups in total. The molecule has 0 aliphatic heterocycles. The highest BCUT2D eigenvalue weighted by Gasteiger charge is 2.18. The van der Waals surface area contributed by atoms with Gasteiger partial charge in [-0.1, -0.05) is 48.8 Å². The fourth-order valence-corrected chi connectivity index (χ4v) is 2.34. The van der Waals surface area contributed by atoms with Gasteiger partial charge in [-0.25, -0.2) is 9.97 Å². The number of benzene rings is 1. The molecule has 2 rings (SSSR count). The van der Waals surface area contributed by atoms with E-state index in [9.17, 15) is 0 Å². The maximum atomic E-state index is 4.76. The molecule has 0 fully saturated rings. The van der Waals surface area contributed by atoms with Gasteiger partial charge in [-0.2, -0.15) is 0 Å². The summed E-state index contributed by atoms with van der Waals surface area (Å²) in [5, 5.41) is 3.29. The Morgan fingerprint density at radius 2 is 1.86 bits per heavy atom. The highest BCUT2D eigenvalue weighted by atomic mass is 79.9. The Hall–Kier alpha value is -1.42. The fraction of sp³-hybridized carbons (Fsp3) is 0.412. The van der Waals surface area contributed by atoms with Gasteiger partial charge in [-0.15, -0.1) is 0 Å². The van der Waals surface area contributed by atoms with E-state index in [-0.39, 0.29) is 5.41 Å². The molecule has 0 spiro atoms. The van der Waals surface area contributed by atoms with Crippen LogP contribution in [0.5, 0.6) is 0 Å². The molecule has 0 aliphatic rings. The maximum absolute atomic E-state index is 4.76. The van der Waals surface area contributed by atoms with E-state index in [0.717, 1.165) is 33.9 Å². The molecule has 1 heterocycles. The van der Waals surface area contributed by atoms with Crippen molar-refractivity contribution in [2.75, 3.05) is 11.9 Å². The molecule has 112 valence electrons. The predicted octanol–water partition coefficient (Wildman–Crippen LogP) is 4.94. The van der Waals surface area contributed by atoms with Crippen molar-refractivity contribution in [1.82, 2.24) is 9.97 Å². The Bertz CT molecular complexity index is 645. The molecule has 4 heteroatoms. The first-order valence-corrected chi connectivity index (χ1v) is 8.00. The number of aryl methyl sites for hydroxylation is 1. The number of halogens is 1. The van der Waals surface area contributed by atoms with Crippen LogP contribution in [0.4, 0.5) is 5.82 Å². The molecule has 0 atom stereocenters. The summed E-state index contributed by atoms with van der Waals surface area (Å²) in [6, 6.07) is 8.26. The summed E-state index contributed by atoms with van der Waals surface area (Å²) in [7, 11) is 0. The molecule has 2 aromatic rings. The SMILES string of the molecule is CCNc1cc(C(C)(C)C)nc(-c2ccc(C)c(Br)c2)n1. The smallest absolute Gasteiger partial charge is 0.161 e. The first-order chi connectivity index (χ1) is 9.81. The van der Waals surface area contributed by atoms with Gasteiger partial charge in [0.05, 0.1) is 5.69 Å². The molecule has 0 aliphatic carbocycles. The highest BCUT2D eigenvalue weighted by Crippen LogP contribution is 2.28. The quantitative estimate of drug-likeness (QED) is 0.853. The van der Waals surface area contributed by atoms with Crippen molar-refractivity contribution in [3.05, 3.63) is 40.0 Å². The highest BCUT2D eigenvalue weighted by molar-refractivity contribution is 9.10. The fourth-order valence-electron chi connectivity index (χ4n) is 1.96. The number of nitrogens with zero attached hydrogens (tertiary/aromatic N) is 2. The monoisotopic (exact) mass is 347 g/mol. The van der Waals surface area contributed by atoms with Gasteiger partial charge in [0.15, 0.2) is 5.82 Å². The van der Waals surface area contributed by atoms with E-state index in [1.54, 1.807) is 0 Å². The van der Waals surface area contributed by atoms with Gasteiger partial charge in [-0.3, -0.25) is 0 Å². The van der Waals surface area contributed by atoms with E-state index in [1.807, 2.05) is 6.07 Å². The predicted molar refractivity (Wildman–Crippen MR) is 92.8 cm³/mol. The van der Waals surface area contributed by atoms with Crippen molar-refractivity contribution in [2.24, 2.45) is 0 Å². The zero-order chi connectivity index (χ0) is 15.6. The zero-order valence-corrected chi connectivity index (χ0v) is 14.9. The molecule has 0 saturated heterocycles. The summed E-state index contributed by atoms with van der Waals surface area (Å²) >= 11 is 3.58. The van der Waals surface area contributed by atoms with Crippen molar-refractivity contribution in [1.29, 1.82) is 0 Å². The number of nitrogens with one attached hydrogen (secondary N) is 1. The van der Waals surface area contributed by atoms with Crippen LogP contribution in [0.1, 0.15) is 39.0 Å². The standard InChI is InChI=1S/C17H22BrN3/c1-6-19-15-10-14(17(3,4)5)20-16(21-15)12-8-7-11(2)13(18)9-12/h7-10H,6H2,1-5H3,(H,19,20,21). The van der Waals surface area contributed by atoms with Crippen molar-refractivity contribution in [2.45, 2.75) is 40.0 Å². The van der Waals surface area contributed by atoms with Gasteiger partial charge in [-0.05, 0) is 25.5 Å². The molecule has 0 amide bonds. The molecular weight excluding hydrogens is 326 g/mol. The number of rotatable bonds is 3. The number of aromatic nitrogens is 2. The third-order valence-corrected chi connectivity index (χ3v) is 4.14. The van der Waals surface area contributed by atoms with Crippen molar-refractivity contribution >= 4 is 21.7 Å². The molecule has 21 heavy (non-hydrogen) atoms. The van der Waals surface area contributed by atoms with Gasteiger partial charge in [0.25, 0.3) is 0 Å². The van der Waals surface area contributed by atoms with Gasteiger partial charge in [0.1, 0.15) is 5.82 Å². The minimum atomic E-state index is -0.0101. The van der Waals surface area contributed by atoms with Crippen LogP contribution in [-0.2, 0) is 5.41 Å². The average Bonchev–Trinajstić information content (AvgIpc) is 2.41. The maximum Gasteiger partial charge on any atom is 0.161 e. The van der Waals surface area contributed by atoms with Crippen LogP contribution < -0.4 is 5.32 Å². The van der Waals surface area contributed by atoms with Crippen LogP contribution in [0.25, 0.3) is 11.4 Å². The van der Waals surface area contributed by atoms with E-state index in [1.165, 1.54) is 5.56 Å². The Balaban J connectivity index is 2.56. The Labute approximate surface area is 135 Å². The number of hydrogen-bond donors (Lipinski definition) is 1. The third kappa shape index (κ3) is 3.82. The minimum Gasteiger partial charge on any atom is -0.370 e. The lowest BCUT2D eigenvalue weighted by Gasteiger charge is -2.19. The molecule has 1 aromatic carbocycles. The largest absolute Gasteiger partial charge is 0.370 e. The topological polar surface area (TPSA) is 37.8 Å². The lowest BCUT2D eigenvalue weighted by Crippen LogP contribution is -2.16. The summed E-state index contributed by atoms with van der Waals surface area (Å²) in [6.45, 7) is 11.5. The van der Waals surface area contributed by atoms with Crippen molar-refractivity contribution in [3.8, 4) is 11.4 Å². The summed E-state index contributed by atoms with van der Waals surface area (Å²) in [4.78, 5) is 9.39. The summed E-state index contributed by atoms with van der Waals surface area (Å²) in [5.41, 5.74) is 3.26. The lowest BCUT2D eigenvalue weighted by atomic mass is 9.91. The molecule has 0 saturated carbocycles. The Kier molecular flexibility index (Phi) is 4.67. The normalized spacial score (nSPS) is 11.5. The van der Waals surface area contributed by atoms with Crippen molar-refractivity contribution < 1.29 is 0 Å². The lowest BCUT2D eigenvalue weighted by molar-refractivity contribution is 0.568. The van der Waals surface area contributed by atoms with E-state index in [4.69, 9.17) is 4.98 Å². The van der Waals surface area contributed by atoms with Crippen molar-refractivity contribution in [3.63, 3.8) is 0 Å². The molecule has 0 radical (unpaired) electrons. The average molecular weight is 348 g/mol.